The second kappa shape index (κ2) is 7.93. The maximum atomic E-state index is 14.4. The molecule has 1 aliphatic rings. The molecule has 1 heterocycles. The van der Waals surface area contributed by atoms with Crippen LogP contribution in [0.4, 0.5) is 4.39 Å². The standard InChI is InChI=1S/C21H17ClFN3O2S/c22-13-7-16-15(17(23)8-13)5-6-19(16)26(21(28)18-10-29-11-25-18)9-12-3-1-2-4-14(12)20(24)27/h1-4,7-8,10-11,19H,5-6,9H2,(H2,24,27)/t19-/m1/s1. The fourth-order valence-electron chi connectivity index (χ4n) is 3.82. The number of amides is 2. The second-order valence-electron chi connectivity index (χ2n) is 6.84. The molecule has 3 aromatic rings. The fourth-order valence-corrected chi connectivity index (χ4v) is 4.55. The molecule has 1 atom stereocenters. The van der Waals surface area contributed by atoms with Gasteiger partial charge in [0.1, 0.15) is 11.5 Å². The lowest BCUT2D eigenvalue weighted by atomic mass is 10.0. The van der Waals surface area contributed by atoms with Gasteiger partial charge in [-0.3, -0.25) is 9.59 Å². The van der Waals surface area contributed by atoms with Crippen LogP contribution in [0.15, 0.2) is 47.3 Å². The molecular weight excluding hydrogens is 413 g/mol. The summed E-state index contributed by atoms with van der Waals surface area (Å²) in [5.41, 5.74) is 9.63. The number of aromatic nitrogens is 1. The number of primary amides is 1. The molecule has 0 saturated carbocycles. The molecule has 1 aromatic heterocycles. The van der Waals surface area contributed by atoms with Crippen LogP contribution < -0.4 is 5.73 Å². The number of thiazole rings is 1. The summed E-state index contributed by atoms with van der Waals surface area (Å²) in [7, 11) is 0. The highest BCUT2D eigenvalue weighted by Gasteiger charge is 2.34. The van der Waals surface area contributed by atoms with Gasteiger partial charge in [0.05, 0.1) is 11.6 Å². The van der Waals surface area contributed by atoms with Gasteiger partial charge in [0.25, 0.3) is 5.91 Å². The molecule has 4 rings (SSSR count). The van der Waals surface area contributed by atoms with Gasteiger partial charge < -0.3 is 10.6 Å². The van der Waals surface area contributed by atoms with Crippen molar-refractivity contribution in [2.45, 2.75) is 25.4 Å². The minimum atomic E-state index is -0.567. The summed E-state index contributed by atoms with van der Waals surface area (Å²) in [5.74, 6) is -1.22. The Labute approximate surface area is 175 Å². The van der Waals surface area contributed by atoms with Crippen LogP contribution in [-0.2, 0) is 13.0 Å². The topological polar surface area (TPSA) is 76.3 Å². The van der Waals surface area contributed by atoms with E-state index in [1.807, 2.05) is 0 Å². The summed E-state index contributed by atoms with van der Waals surface area (Å²) in [5, 5.41) is 1.95. The van der Waals surface area contributed by atoms with Gasteiger partial charge in [-0.2, -0.15) is 0 Å². The van der Waals surface area contributed by atoms with Crippen molar-refractivity contribution in [1.82, 2.24) is 9.88 Å². The first-order valence-corrected chi connectivity index (χ1v) is 10.3. The Hall–Kier alpha value is -2.77. The van der Waals surface area contributed by atoms with Crippen molar-refractivity contribution < 1.29 is 14.0 Å². The number of fused-ring (bicyclic) bond motifs is 1. The number of hydrogen-bond acceptors (Lipinski definition) is 4. The van der Waals surface area contributed by atoms with Crippen molar-refractivity contribution >= 4 is 34.8 Å². The average Bonchev–Trinajstić information content (AvgIpc) is 3.36. The smallest absolute Gasteiger partial charge is 0.274 e. The molecule has 0 fully saturated rings. The highest BCUT2D eigenvalue weighted by molar-refractivity contribution is 7.07. The third kappa shape index (κ3) is 3.75. The van der Waals surface area contributed by atoms with Crippen LogP contribution in [-0.4, -0.2) is 21.7 Å². The van der Waals surface area contributed by atoms with Crippen molar-refractivity contribution in [1.29, 1.82) is 0 Å². The minimum absolute atomic E-state index is 0.147. The number of halogens is 2. The molecule has 148 valence electrons. The van der Waals surface area contributed by atoms with Gasteiger partial charge in [-0.25, -0.2) is 9.37 Å². The maximum absolute atomic E-state index is 14.4. The van der Waals surface area contributed by atoms with Crippen LogP contribution in [0.2, 0.25) is 5.02 Å². The molecule has 2 aromatic carbocycles. The molecule has 2 amide bonds. The summed E-state index contributed by atoms with van der Waals surface area (Å²) < 4.78 is 14.4. The third-order valence-corrected chi connectivity index (χ3v) is 5.94. The van der Waals surface area contributed by atoms with Crippen molar-refractivity contribution in [3.8, 4) is 0 Å². The monoisotopic (exact) mass is 429 g/mol. The third-order valence-electron chi connectivity index (χ3n) is 5.13. The first kappa shape index (κ1) is 19.5. The molecule has 0 aliphatic heterocycles. The van der Waals surface area contributed by atoms with Crippen molar-refractivity contribution in [3.05, 3.63) is 86.1 Å². The molecule has 0 bridgehead atoms. The van der Waals surface area contributed by atoms with E-state index in [0.29, 0.717) is 40.8 Å². The predicted octanol–water partition coefficient (Wildman–Crippen LogP) is 4.36. The lowest BCUT2D eigenvalue weighted by Gasteiger charge is -2.30. The van der Waals surface area contributed by atoms with Gasteiger partial charge in [0.15, 0.2) is 0 Å². The van der Waals surface area contributed by atoms with Crippen LogP contribution in [0, 0.1) is 5.82 Å². The average molecular weight is 430 g/mol. The van der Waals surface area contributed by atoms with Gasteiger partial charge in [0, 0.05) is 22.5 Å². The molecule has 0 unspecified atom stereocenters. The van der Waals surface area contributed by atoms with Crippen molar-refractivity contribution in [2.75, 3.05) is 0 Å². The quantitative estimate of drug-likeness (QED) is 0.654. The zero-order valence-corrected chi connectivity index (χ0v) is 16.8. The SMILES string of the molecule is NC(=O)c1ccccc1CN(C(=O)c1cscn1)[C@@H]1CCc2c(F)cc(Cl)cc21. The summed E-state index contributed by atoms with van der Waals surface area (Å²) in [4.78, 5) is 30.9. The summed E-state index contributed by atoms with van der Waals surface area (Å²) in [6.45, 7) is 0.147. The number of rotatable bonds is 5. The fraction of sp³-hybridized carbons (Fsp3) is 0.190. The summed E-state index contributed by atoms with van der Waals surface area (Å²) in [6, 6.07) is 9.51. The highest BCUT2D eigenvalue weighted by Crippen LogP contribution is 2.40. The summed E-state index contributed by atoms with van der Waals surface area (Å²) in [6.07, 6.45) is 1.06. The van der Waals surface area contributed by atoms with Crippen molar-refractivity contribution in [2.24, 2.45) is 5.73 Å². The molecule has 0 radical (unpaired) electrons. The van der Waals surface area contributed by atoms with E-state index < -0.39 is 5.91 Å². The number of hydrogen-bond donors (Lipinski definition) is 1. The summed E-state index contributed by atoms with van der Waals surface area (Å²) >= 11 is 7.41. The minimum Gasteiger partial charge on any atom is -0.366 e. The van der Waals surface area contributed by atoms with E-state index in [0.717, 1.165) is 0 Å². The Balaban J connectivity index is 1.78. The molecule has 2 N–H and O–H groups in total. The Kier molecular flexibility index (Phi) is 5.34. The normalized spacial score (nSPS) is 15.2. The Morgan fingerprint density at radius 2 is 2.10 bits per heavy atom. The number of nitrogens with zero attached hydrogens (tertiary/aromatic N) is 2. The highest BCUT2D eigenvalue weighted by atomic mass is 35.5. The zero-order chi connectivity index (χ0) is 20.5. The van der Waals surface area contributed by atoms with Crippen molar-refractivity contribution in [3.63, 3.8) is 0 Å². The number of benzene rings is 2. The van der Waals surface area contributed by atoms with Crippen LogP contribution in [0.3, 0.4) is 0 Å². The largest absolute Gasteiger partial charge is 0.366 e. The lowest BCUT2D eigenvalue weighted by Crippen LogP contribution is -2.34. The molecular formula is C21H17ClFN3O2S. The number of carbonyl (C=O) groups excluding carboxylic acids is 2. The molecule has 29 heavy (non-hydrogen) atoms. The maximum Gasteiger partial charge on any atom is 0.274 e. The van der Waals surface area contributed by atoms with E-state index in [1.54, 1.807) is 46.1 Å². The number of nitrogens with two attached hydrogens (primary N) is 1. The van der Waals surface area contributed by atoms with Gasteiger partial charge in [0.2, 0.25) is 5.91 Å². The van der Waals surface area contributed by atoms with E-state index in [4.69, 9.17) is 17.3 Å². The van der Waals surface area contributed by atoms with Gasteiger partial charge >= 0.3 is 0 Å². The van der Waals surface area contributed by atoms with E-state index in [9.17, 15) is 14.0 Å². The van der Waals surface area contributed by atoms with E-state index in [1.165, 1.54) is 17.4 Å². The van der Waals surface area contributed by atoms with E-state index in [2.05, 4.69) is 4.98 Å². The molecule has 5 nitrogen and oxygen atoms in total. The second-order valence-corrected chi connectivity index (χ2v) is 7.99. The zero-order valence-electron chi connectivity index (χ0n) is 15.3. The molecule has 0 spiro atoms. The first-order chi connectivity index (χ1) is 14.0. The van der Waals surface area contributed by atoms with E-state index in [-0.39, 0.29) is 29.3 Å². The number of carbonyl (C=O) groups is 2. The predicted molar refractivity (Wildman–Crippen MR) is 109 cm³/mol. The molecule has 1 aliphatic carbocycles. The van der Waals surface area contributed by atoms with Gasteiger partial charge in [-0.1, -0.05) is 29.8 Å². The Morgan fingerprint density at radius 1 is 1.31 bits per heavy atom. The lowest BCUT2D eigenvalue weighted by molar-refractivity contribution is 0.0651. The van der Waals surface area contributed by atoms with Crippen LogP contribution in [0.1, 0.15) is 50.0 Å². The van der Waals surface area contributed by atoms with E-state index >= 15 is 0 Å². The Bertz CT molecular complexity index is 1090. The van der Waals surface area contributed by atoms with Crippen LogP contribution in [0.25, 0.3) is 0 Å². The first-order valence-electron chi connectivity index (χ1n) is 9.00. The van der Waals surface area contributed by atoms with Crippen LogP contribution in [0.5, 0.6) is 0 Å². The Morgan fingerprint density at radius 3 is 2.83 bits per heavy atom. The van der Waals surface area contributed by atoms with Gasteiger partial charge in [-0.05, 0) is 47.7 Å². The van der Waals surface area contributed by atoms with Gasteiger partial charge in [-0.15, -0.1) is 11.3 Å². The molecule has 8 heteroatoms. The van der Waals surface area contributed by atoms with Crippen LogP contribution >= 0.6 is 22.9 Å². The molecule has 0 saturated heterocycles.